The Morgan fingerprint density at radius 2 is 1.63 bits per heavy atom. The molecule has 2 aromatic rings. The summed E-state index contributed by atoms with van der Waals surface area (Å²) in [6.07, 6.45) is 0. The standard InChI is InChI=1S/C21H28N2O3S/c1-14(2)13-22-21(24)17-9-11-18(12-10-17)27(25,26)23-20-16(5)7-6-8-19(20)15(3)4/h6-12,14-15,23H,13H2,1-5H3,(H,22,24). The van der Waals surface area contributed by atoms with Crippen LogP contribution in [0.15, 0.2) is 47.4 Å². The first kappa shape index (κ1) is 21.0. The van der Waals surface area contributed by atoms with Crippen LogP contribution in [-0.2, 0) is 10.0 Å². The first-order chi connectivity index (χ1) is 12.6. The maximum absolute atomic E-state index is 12.8. The highest BCUT2D eigenvalue weighted by Gasteiger charge is 2.19. The second kappa shape index (κ2) is 8.57. The first-order valence-electron chi connectivity index (χ1n) is 9.12. The second-order valence-electron chi connectivity index (χ2n) is 7.43. The number of anilines is 1. The lowest BCUT2D eigenvalue weighted by molar-refractivity contribution is 0.0949. The monoisotopic (exact) mass is 388 g/mol. The molecular formula is C21H28N2O3S. The summed E-state index contributed by atoms with van der Waals surface area (Å²) in [6.45, 7) is 10.5. The number of amides is 1. The minimum Gasteiger partial charge on any atom is -0.352 e. The molecule has 0 fully saturated rings. The Kier molecular flexibility index (Phi) is 6.65. The maximum Gasteiger partial charge on any atom is 0.261 e. The zero-order valence-corrected chi connectivity index (χ0v) is 17.4. The molecule has 27 heavy (non-hydrogen) atoms. The number of aryl methyl sites for hydroxylation is 1. The van der Waals surface area contributed by atoms with E-state index in [0.717, 1.165) is 11.1 Å². The molecule has 0 atom stereocenters. The van der Waals surface area contributed by atoms with Crippen LogP contribution in [0.2, 0.25) is 0 Å². The van der Waals surface area contributed by atoms with Gasteiger partial charge in [0, 0.05) is 12.1 Å². The van der Waals surface area contributed by atoms with Crippen molar-refractivity contribution < 1.29 is 13.2 Å². The van der Waals surface area contributed by atoms with Crippen molar-refractivity contribution >= 4 is 21.6 Å². The van der Waals surface area contributed by atoms with Gasteiger partial charge in [0.1, 0.15) is 0 Å². The molecule has 0 spiro atoms. The van der Waals surface area contributed by atoms with Crippen LogP contribution in [0.1, 0.15) is 55.1 Å². The van der Waals surface area contributed by atoms with Gasteiger partial charge in [0.25, 0.3) is 15.9 Å². The number of hydrogen-bond donors (Lipinski definition) is 2. The average molecular weight is 389 g/mol. The second-order valence-corrected chi connectivity index (χ2v) is 9.11. The van der Waals surface area contributed by atoms with Gasteiger partial charge in [-0.1, -0.05) is 45.9 Å². The normalized spacial score (nSPS) is 11.7. The fourth-order valence-corrected chi connectivity index (χ4v) is 3.85. The third kappa shape index (κ3) is 5.32. The lowest BCUT2D eigenvalue weighted by atomic mass is 9.99. The van der Waals surface area contributed by atoms with E-state index in [0.29, 0.717) is 23.7 Å². The summed E-state index contributed by atoms with van der Waals surface area (Å²) in [5.74, 6) is 0.332. The van der Waals surface area contributed by atoms with E-state index in [2.05, 4.69) is 10.0 Å². The fraction of sp³-hybridized carbons (Fsp3) is 0.381. The number of nitrogens with one attached hydrogen (secondary N) is 2. The Labute approximate surface area is 162 Å². The molecule has 0 heterocycles. The zero-order valence-electron chi connectivity index (χ0n) is 16.5. The quantitative estimate of drug-likeness (QED) is 0.742. The number of sulfonamides is 1. The van der Waals surface area contributed by atoms with Gasteiger partial charge in [-0.05, 0) is 54.2 Å². The molecule has 0 aromatic heterocycles. The van der Waals surface area contributed by atoms with Crippen molar-refractivity contribution in [2.75, 3.05) is 11.3 Å². The van der Waals surface area contributed by atoms with Crippen molar-refractivity contribution in [3.63, 3.8) is 0 Å². The van der Waals surface area contributed by atoms with Crippen molar-refractivity contribution in [3.05, 3.63) is 59.2 Å². The molecule has 0 aliphatic rings. The van der Waals surface area contributed by atoms with Gasteiger partial charge < -0.3 is 5.32 Å². The number of carbonyl (C=O) groups excluding carboxylic acids is 1. The van der Waals surface area contributed by atoms with Crippen LogP contribution in [0.5, 0.6) is 0 Å². The molecule has 1 amide bonds. The molecule has 2 rings (SSSR count). The molecule has 0 bridgehead atoms. The van der Waals surface area contributed by atoms with Crippen molar-refractivity contribution in [3.8, 4) is 0 Å². The molecule has 2 N–H and O–H groups in total. The molecule has 5 nitrogen and oxygen atoms in total. The molecule has 6 heteroatoms. The van der Waals surface area contributed by atoms with Crippen LogP contribution >= 0.6 is 0 Å². The Balaban J connectivity index is 2.24. The summed E-state index contributed by atoms with van der Waals surface area (Å²) in [7, 11) is -3.74. The lowest BCUT2D eigenvalue weighted by Crippen LogP contribution is -2.27. The van der Waals surface area contributed by atoms with Gasteiger partial charge in [0.2, 0.25) is 0 Å². The predicted molar refractivity (Wildman–Crippen MR) is 110 cm³/mol. The summed E-state index contributed by atoms with van der Waals surface area (Å²) in [5, 5.41) is 2.82. The van der Waals surface area contributed by atoms with Crippen molar-refractivity contribution in [1.82, 2.24) is 5.32 Å². The zero-order chi connectivity index (χ0) is 20.2. The summed E-state index contributed by atoms with van der Waals surface area (Å²) in [6, 6.07) is 11.7. The highest BCUT2D eigenvalue weighted by Crippen LogP contribution is 2.29. The first-order valence-corrected chi connectivity index (χ1v) is 10.6. The predicted octanol–water partition coefficient (Wildman–Crippen LogP) is 4.31. The van der Waals surface area contributed by atoms with Gasteiger partial charge in [-0.2, -0.15) is 0 Å². The van der Waals surface area contributed by atoms with Crippen molar-refractivity contribution in [2.45, 2.75) is 45.4 Å². The topological polar surface area (TPSA) is 75.3 Å². The molecule has 0 radical (unpaired) electrons. The van der Waals surface area contributed by atoms with Crippen LogP contribution < -0.4 is 10.0 Å². The summed E-state index contributed by atoms with van der Waals surface area (Å²) < 4.78 is 28.3. The van der Waals surface area contributed by atoms with Crippen LogP contribution in [0.25, 0.3) is 0 Å². The van der Waals surface area contributed by atoms with Crippen LogP contribution in [0.4, 0.5) is 5.69 Å². The highest BCUT2D eigenvalue weighted by molar-refractivity contribution is 7.92. The summed E-state index contributed by atoms with van der Waals surface area (Å²) in [5.41, 5.74) is 2.87. The Hall–Kier alpha value is -2.34. The van der Waals surface area contributed by atoms with E-state index in [1.807, 2.05) is 52.8 Å². The van der Waals surface area contributed by atoms with E-state index >= 15 is 0 Å². The molecule has 146 valence electrons. The third-order valence-corrected chi connectivity index (χ3v) is 5.63. The summed E-state index contributed by atoms with van der Waals surface area (Å²) in [4.78, 5) is 12.2. The Morgan fingerprint density at radius 1 is 1.00 bits per heavy atom. The van der Waals surface area contributed by atoms with Gasteiger partial charge in [-0.25, -0.2) is 8.42 Å². The molecule has 0 saturated carbocycles. The number of carbonyl (C=O) groups is 1. The minimum atomic E-state index is -3.74. The van der Waals surface area contributed by atoms with E-state index in [9.17, 15) is 13.2 Å². The SMILES string of the molecule is Cc1cccc(C(C)C)c1NS(=O)(=O)c1ccc(C(=O)NCC(C)C)cc1. The minimum absolute atomic E-state index is 0.126. The molecule has 2 aromatic carbocycles. The average Bonchev–Trinajstić information content (AvgIpc) is 2.61. The molecule has 0 aliphatic carbocycles. The number of rotatable bonds is 7. The van der Waals surface area contributed by atoms with E-state index in [4.69, 9.17) is 0 Å². The van der Waals surface area contributed by atoms with Crippen LogP contribution in [0.3, 0.4) is 0 Å². The number of benzene rings is 2. The largest absolute Gasteiger partial charge is 0.352 e. The van der Waals surface area contributed by atoms with E-state index in [-0.39, 0.29) is 16.7 Å². The van der Waals surface area contributed by atoms with Gasteiger partial charge in [-0.15, -0.1) is 0 Å². The molecular weight excluding hydrogens is 360 g/mol. The van der Waals surface area contributed by atoms with Crippen molar-refractivity contribution in [1.29, 1.82) is 0 Å². The van der Waals surface area contributed by atoms with Gasteiger partial charge >= 0.3 is 0 Å². The van der Waals surface area contributed by atoms with Gasteiger partial charge in [0.05, 0.1) is 10.6 Å². The molecule has 0 saturated heterocycles. The molecule has 0 unspecified atom stereocenters. The van der Waals surface area contributed by atoms with Crippen LogP contribution in [-0.4, -0.2) is 20.9 Å². The van der Waals surface area contributed by atoms with E-state index in [1.54, 1.807) is 0 Å². The van der Waals surface area contributed by atoms with Gasteiger partial charge in [-0.3, -0.25) is 9.52 Å². The van der Waals surface area contributed by atoms with Gasteiger partial charge in [0.15, 0.2) is 0 Å². The Morgan fingerprint density at radius 3 is 2.19 bits per heavy atom. The van der Waals surface area contributed by atoms with Crippen LogP contribution in [0, 0.1) is 12.8 Å². The van der Waals surface area contributed by atoms with E-state index < -0.39 is 10.0 Å². The Bertz CT molecular complexity index is 902. The summed E-state index contributed by atoms with van der Waals surface area (Å²) >= 11 is 0. The lowest BCUT2D eigenvalue weighted by Gasteiger charge is -2.17. The van der Waals surface area contributed by atoms with Crippen molar-refractivity contribution in [2.24, 2.45) is 5.92 Å². The number of hydrogen-bond acceptors (Lipinski definition) is 3. The maximum atomic E-state index is 12.8. The fourth-order valence-electron chi connectivity index (χ4n) is 2.69. The van der Waals surface area contributed by atoms with E-state index in [1.165, 1.54) is 24.3 Å². The molecule has 0 aliphatic heterocycles. The highest BCUT2D eigenvalue weighted by atomic mass is 32.2. The smallest absolute Gasteiger partial charge is 0.261 e. The number of para-hydroxylation sites is 1. The third-order valence-electron chi connectivity index (χ3n) is 4.26.